The average Bonchev–Trinajstić information content (AvgIpc) is 2.99. The number of halogens is 1. The molecular formula is C24H21FN2O3. The molecule has 0 amide bonds. The van der Waals surface area contributed by atoms with Crippen molar-refractivity contribution in [1.29, 1.82) is 0 Å². The number of nitrogens with zero attached hydrogens (tertiary/aromatic N) is 2. The van der Waals surface area contributed by atoms with E-state index in [0.717, 1.165) is 33.4 Å². The maximum absolute atomic E-state index is 13.1. The lowest BCUT2D eigenvalue weighted by molar-refractivity contribution is 0.0697. The lowest BCUT2D eigenvalue weighted by Crippen LogP contribution is -2.05. The summed E-state index contributed by atoms with van der Waals surface area (Å²) >= 11 is 0. The van der Waals surface area contributed by atoms with Crippen LogP contribution in [0.5, 0.6) is 5.75 Å². The van der Waals surface area contributed by atoms with Crippen molar-refractivity contribution < 1.29 is 19.0 Å². The van der Waals surface area contributed by atoms with Crippen molar-refractivity contribution in [3.8, 4) is 5.75 Å². The summed E-state index contributed by atoms with van der Waals surface area (Å²) in [4.78, 5) is 15.6. The second-order valence-electron chi connectivity index (χ2n) is 7.22. The number of aromatic nitrogens is 2. The molecule has 0 atom stereocenters. The molecule has 30 heavy (non-hydrogen) atoms. The second kappa shape index (κ2) is 7.99. The van der Waals surface area contributed by atoms with E-state index in [1.165, 1.54) is 12.1 Å². The van der Waals surface area contributed by atoms with E-state index in [2.05, 4.69) is 9.55 Å². The van der Waals surface area contributed by atoms with E-state index in [-0.39, 0.29) is 11.4 Å². The van der Waals surface area contributed by atoms with E-state index in [4.69, 9.17) is 9.84 Å². The number of carboxylic acids is 1. The first-order chi connectivity index (χ1) is 14.4. The zero-order chi connectivity index (χ0) is 21.3. The first-order valence-electron chi connectivity index (χ1n) is 9.58. The van der Waals surface area contributed by atoms with Crippen molar-refractivity contribution in [2.75, 3.05) is 0 Å². The van der Waals surface area contributed by atoms with E-state index in [1.54, 1.807) is 30.5 Å². The van der Waals surface area contributed by atoms with Crippen molar-refractivity contribution in [3.05, 3.63) is 94.6 Å². The minimum absolute atomic E-state index is 0.258. The third-order valence-corrected chi connectivity index (χ3v) is 5.31. The SMILES string of the molecule is Cc1c(C)n(Cc2ccc(C(=O)O)cc2)c2c(OCc3ccc(F)cc3)ccnc12. The maximum atomic E-state index is 13.1. The number of rotatable bonds is 6. The molecule has 2 aromatic carbocycles. The van der Waals surface area contributed by atoms with E-state index in [0.29, 0.717) is 18.9 Å². The van der Waals surface area contributed by atoms with E-state index < -0.39 is 5.97 Å². The summed E-state index contributed by atoms with van der Waals surface area (Å²) in [6.07, 6.45) is 1.72. The van der Waals surface area contributed by atoms with Crippen molar-refractivity contribution in [2.24, 2.45) is 0 Å². The standard InChI is InChI=1S/C24H21FN2O3/c1-15-16(2)27(13-17-3-7-19(8-4-17)24(28)29)23-21(11-12-26-22(15)23)30-14-18-5-9-20(25)10-6-18/h3-12H,13-14H2,1-2H3,(H,28,29). The summed E-state index contributed by atoms with van der Waals surface area (Å²) in [5.41, 5.74) is 6.00. The molecule has 4 rings (SSSR count). The van der Waals surface area contributed by atoms with Crippen LogP contribution in [0.2, 0.25) is 0 Å². The minimum atomic E-state index is -0.944. The Kier molecular flexibility index (Phi) is 5.23. The van der Waals surface area contributed by atoms with Gasteiger partial charge in [-0.1, -0.05) is 24.3 Å². The van der Waals surface area contributed by atoms with Gasteiger partial charge in [-0.2, -0.15) is 0 Å². The maximum Gasteiger partial charge on any atom is 0.335 e. The van der Waals surface area contributed by atoms with Crippen LogP contribution in [0.3, 0.4) is 0 Å². The van der Waals surface area contributed by atoms with Crippen LogP contribution in [0, 0.1) is 19.7 Å². The summed E-state index contributed by atoms with van der Waals surface area (Å²) < 4.78 is 21.4. The van der Waals surface area contributed by atoms with Gasteiger partial charge in [-0.25, -0.2) is 9.18 Å². The number of aromatic carboxylic acids is 1. The Morgan fingerprint density at radius 2 is 1.70 bits per heavy atom. The van der Waals surface area contributed by atoms with Gasteiger partial charge in [0.1, 0.15) is 23.7 Å². The molecule has 0 bridgehead atoms. The molecule has 5 nitrogen and oxygen atoms in total. The molecule has 152 valence electrons. The van der Waals surface area contributed by atoms with Gasteiger partial charge in [-0.15, -0.1) is 0 Å². The van der Waals surface area contributed by atoms with Crippen LogP contribution in [0.4, 0.5) is 4.39 Å². The predicted octanol–water partition coefficient (Wildman–Crippen LogP) is 5.12. The van der Waals surface area contributed by atoms with E-state index >= 15 is 0 Å². The van der Waals surface area contributed by atoms with E-state index in [9.17, 15) is 9.18 Å². The van der Waals surface area contributed by atoms with Crippen molar-refractivity contribution in [1.82, 2.24) is 9.55 Å². The highest BCUT2D eigenvalue weighted by atomic mass is 19.1. The normalized spacial score (nSPS) is 11.0. The van der Waals surface area contributed by atoms with Crippen LogP contribution < -0.4 is 4.74 Å². The number of carboxylic acid groups (broad SMARTS) is 1. The highest BCUT2D eigenvalue weighted by molar-refractivity contribution is 5.88. The summed E-state index contributed by atoms with van der Waals surface area (Å²) in [5, 5.41) is 9.11. The van der Waals surface area contributed by atoms with Gasteiger partial charge in [0.15, 0.2) is 0 Å². The smallest absolute Gasteiger partial charge is 0.335 e. The summed E-state index contributed by atoms with van der Waals surface area (Å²) in [6, 6.07) is 14.9. The molecule has 2 heterocycles. The van der Waals surface area contributed by atoms with Gasteiger partial charge in [0.2, 0.25) is 0 Å². The molecule has 4 aromatic rings. The number of benzene rings is 2. The molecule has 0 aliphatic carbocycles. The average molecular weight is 404 g/mol. The third-order valence-electron chi connectivity index (χ3n) is 5.31. The van der Waals surface area contributed by atoms with Crippen molar-refractivity contribution >= 4 is 17.0 Å². The highest BCUT2D eigenvalue weighted by Gasteiger charge is 2.17. The predicted molar refractivity (Wildman–Crippen MR) is 112 cm³/mol. The molecule has 0 saturated heterocycles. The summed E-state index contributed by atoms with van der Waals surface area (Å²) in [6.45, 7) is 4.94. The van der Waals surface area contributed by atoms with Crippen LogP contribution in [-0.2, 0) is 13.2 Å². The van der Waals surface area contributed by atoms with Gasteiger partial charge < -0.3 is 14.4 Å². The first-order valence-corrected chi connectivity index (χ1v) is 9.58. The third kappa shape index (κ3) is 3.76. The van der Waals surface area contributed by atoms with Crippen molar-refractivity contribution in [2.45, 2.75) is 27.0 Å². The molecule has 1 N–H and O–H groups in total. The monoisotopic (exact) mass is 404 g/mol. The molecule has 0 radical (unpaired) electrons. The molecule has 0 unspecified atom stereocenters. The lowest BCUT2D eigenvalue weighted by Gasteiger charge is -2.13. The van der Waals surface area contributed by atoms with Gasteiger partial charge in [0, 0.05) is 24.5 Å². The van der Waals surface area contributed by atoms with Crippen LogP contribution in [0.1, 0.15) is 32.7 Å². The Labute approximate surface area is 173 Å². The molecular weight excluding hydrogens is 383 g/mol. The number of fused-ring (bicyclic) bond motifs is 1. The van der Waals surface area contributed by atoms with Gasteiger partial charge in [-0.05, 0) is 54.8 Å². The summed E-state index contributed by atoms with van der Waals surface area (Å²) in [7, 11) is 0. The Morgan fingerprint density at radius 3 is 2.37 bits per heavy atom. The fourth-order valence-electron chi connectivity index (χ4n) is 3.50. The first kappa shape index (κ1) is 19.6. The number of aryl methyl sites for hydroxylation is 1. The number of pyridine rings is 1. The number of ether oxygens (including phenoxy) is 1. The molecule has 0 aliphatic rings. The Balaban J connectivity index is 1.69. The van der Waals surface area contributed by atoms with Gasteiger partial charge >= 0.3 is 5.97 Å². The largest absolute Gasteiger partial charge is 0.487 e. The highest BCUT2D eigenvalue weighted by Crippen LogP contribution is 2.32. The van der Waals surface area contributed by atoms with Crippen LogP contribution in [0.15, 0.2) is 60.8 Å². The number of hydrogen-bond acceptors (Lipinski definition) is 3. The number of hydrogen-bond donors (Lipinski definition) is 1. The van der Waals surface area contributed by atoms with Crippen LogP contribution >= 0.6 is 0 Å². The molecule has 0 fully saturated rings. The van der Waals surface area contributed by atoms with Crippen LogP contribution in [0.25, 0.3) is 11.0 Å². The summed E-state index contributed by atoms with van der Waals surface area (Å²) in [5.74, 6) is -0.526. The zero-order valence-corrected chi connectivity index (χ0v) is 16.7. The molecule has 0 spiro atoms. The molecule has 0 saturated carbocycles. The second-order valence-corrected chi connectivity index (χ2v) is 7.22. The fraction of sp³-hybridized carbons (Fsp3) is 0.167. The quantitative estimate of drug-likeness (QED) is 0.485. The molecule has 6 heteroatoms. The van der Waals surface area contributed by atoms with E-state index in [1.807, 2.05) is 32.0 Å². The van der Waals surface area contributed by atoms with Gasteiger partial charge in [0.05, 0.1) is 11.1 Å². The van der Waals surface area contributed by atoms with Crippen molar-refractivity contribution in [3.63, 3.8) is 0 Å². The van der Waals surface area contributed by atoms with Crippen LogP contribution in [-0.4, -0.2) is 20.6 Å². The Bertz CT molecular complexity index is 1210. The Hall–Kier alpha value is -3.67. The zero-order valence-electron chi connectivity index (χ0n) is 16.7. The molecule has 2 aromatic heterocycles. The minimum Gasteiger partial charge on any atom is -0.487 e. The number of carbonyl (C=O) groups is 1. The molecule has 0 aliphatic heterocycles. The fourth-order valence-corrected chi connectivity index (χ4v) is 3.50. The lowest BCUT2D eigenvalue weighted by atomic mass is 10.1. The van der Waals surface area contributed by atoms with Gasteiger partial charge in [0.25, 0.3) is 0 Å². The Morgan fingerprint density at radius 1 is 1.03 bits per heavy atom. The topological polar surface area (TPSA) is 64.4 Å². The van der Waals surface area contributed by atoms with Gasteiger partial charge in [-0.3, -0.25) is 4.98 Å².